The Morgan fingerprint density at radius 3 is 2.43 bits per heavy atom. The molecule has 30 heavy (non-hydrogen) atoms. The summed E-state index contributed by atoms with van der Waals surface area (Å²) in [6.07, 6.45) is 3.95. The Morgan fingerprint density at radius 2 is 1.73 bits per heavy atom. The van der Waals surface area contributed by atoms with Gasteiger partial charge in [-0.25, -0.2) is 4.98 Å². The second-order valence-electron chi connectivity index (χ2n) is 7.42. The summed E-state index contributed by atoms with van der Waals surface area (Å²) in [5.41, 5.74) is 0. The highest BCUT2D eigenvalue weighted by Crippen LogP contribution is 2.26. The normalized spacial score (nSPS) is 19.5. The van der Waals surface area contributed by atoms with Gasteiger partial charge in [-0.2, -0.15) is 15.0 Å². The van der Waals surface area contributed by atoms with Gasteiger partial charge >= 0.3 is 0 Å². The van der Waals surface area contributed by atoms with Crippen LogP contribution in [0.1, 0.15) is 12.8 Å². The molecule has 1 atom stereocenters. The topological polar surface area (TPSA) is 89.0 Å². The summed E-state index contributed by atoms with van der Waals surface area (Å²) in [4.78, 5) is 24.9. The Kier molecular flexibility index (Phi) is 6.32. The Labute approximate surface area is 176 Å². The summed E-state index contributed by atoms with van der Waals surface area (Å²) < 4.78 is 16.0. The average molecular weight is 415 g/mol. The van der Waals surface area contributed by atoms with E-state index in [1.54, 1.807) is 20.3 Å². The van der Waals surface area contributed by atoms with Gasteiger partial charge in [-0.05, 0) is 18.9 Å². The van der Waals surface area contributed by atoms with E-state index in [0.717, 1.165) is 50.8 Å². The van der Waals surface area contributed by atoms with Gasteiger partial charge in [0.25, 0.3) is 0 Å². The van der Waals surface area contributed by atoms with Gasteiger partial charge in [0.05, 0.1) is 33.5 Å². The van der Waals surface area contributed by atoms with E-state index in [4.69, 9.17) is 19.2 Å². The second kappa shape index (κ2) is 9.29. The van der Waals surface area contributed by atoms with Crippen LogP contribution in [0.4, 0.5) is 17.7 Å². The van der Waals surface area contributed by atoms with Gasteiger partial charge < -0.3 is 28.9 Å². The molecule has 2 aliphatic heterocycles. The second-order valence-corrected chi connectivity index (χ2v) is 7.42. The first-order valence-electron chi connectivity index (χ1n) is 10.3. The van der Waals surface area contributed by atoms with Gasteiger partial charge in [0.1, 0.15) is 5.82 Å². The number of anilines is 3. The zero-order valence-electron chi connectivity index (χ0n) is 17.8. The van der Waals surface area contributed by atoms with Crippen LogP contribution in [0.3, 0.4) is 0 Å². The molecule has 2 aliphatic rings. The van der Waals surface area contributed by atoms with Crippen molar-refractivity contribution in [1.82, 2.24) is 19.9 Å². The van der Waals surface area contributed by atoms with Crippen molar-refractivity contribution in [2.24, 2.45) is 0 Å². The minimum absolute atomic E-state index is 0.284. The molecule has 0 amide bonds. The number of hydrogen-bond acceptors (Lipinski definition) is 10. The summed E-state index contributed by atoms with van der Waals surface area (Å²) in [6, 6.07) is 3.94. The SMILES string of the molecule is COc1cc(OC)nc(N2CCCC(N(C)c3ccnc(N4CCOCC4)n3)C2)n1. The molecule has 1 unspecified atom stereocenters. The zero-order chi connectivity index (χ0) is 20.9. The van der Waals surface area contributed by atoms with Crippen LogP contribution < -0.4 is 24.2 Å². The minimum Gasteiger partial charge on any atom is -0.481 e. The van der Waals surface area contributed by atoms with Crippen LogP contribution in [0.15, 0.2) is 18.3 Å². The first-order valence-corrected chi connectivity index (χ1v) is 10.3. The monoisotopic (exact) mass is 415 g/mol. The van der Waals surface area contributed by atoms with Crippen LogP contribution in [-0.2, 0) is 4.74 Å². The van der Waals surface area contributed by atoms with E-state index < -0.39 is 0 Å². The highest BCUT2D eigenvalue weighted by molar-refractivity contribution is 5.46. The van der Waals surface area contributed by atoms with E-state index >= 15 is 0 Å². The molecule has 0 spiro atoms. The standard InChI is InChI=1S/C20H29N7O3/c1-25(16-6-7-21-19(22-16)26-9-11-30-12-10-26)15-5-4-8-27(14-15)20-23-17(28-2)13-18(24-20)29-3/h6-7,13,15H,4-5,8-12,14H2,1-3H3. The predicted octanol–water partition coefficient (Wildman–Crippen LogP) is 1.23. The van der Waals surface area contributed by atoms with E-state index in [9.17, 15) is 0 Å². The van der Waals surface area contributed by atoms with E-state index in [2.05, 4.69) is 36.7 Å². The molecule has 0 radical (unpaired) electrons. The van der Waals surface area contributed by atoms with Crippen LogP contribution >= 0.6 is 0 Å². The van der Waals surface area contributed by atoms with E-state index in [1.807, 2.05) is 12.3 Å². The lowest BCUT2D eigenvalue weighted by Crippen LogP contribution is -2.47. The van der Waals surface area contributed by atoms with Gasteiger partial charge in [0.15, 0.2) is 0 Å². The van der Waals surface area contributed by atoms with Crippen LogP contribution in [0, 0.1) is 0 Å². The zero-order valence-corrected chi connectivity index (χ0v) is 17.8. The number of likely N-dealkylation sites (N-methyl/N-ethyl adjacent to an activating group) is 1. The van der Waals surface area contributed by atoms with E-state index in [-0.39, 0.29) is 6.04 Å². The number of methoxy groups -OCH3 is 2. The lowest BCUT2D eigenvalue weighted by molar-refractivity contribution is 0.122. The van der Waals surface area contributed by atoms with Crippen molar-refractivity contribution in [3.8, 4) is 11.8 Å². The fourth-order valence-corrected chi connectivity index (χ4v) is 3.83. The Morgan fingerprint density at radius 1 is 1.00 bits per heavy atom. The van der Waals surface area contributed by atoms with Crippen molar-refractivity contribution >= 4 is 17.7 Å². The lowest BCUT2D eigenvalue weighted by atomic mass is 10.0. The Bertz CT molecular complexity index is 825. The fraction of sp³-hybridized carbons (Fsp3) is 0.600. The maximum atomic E-state index is 5.44. The molecule has 0 aromatic carbocycles. The molecule has 10 nitrogen and oxygen atoms in total. The third-order valence-electron chi connectivity index (χ3n) is 5.60. The lowest BCUT2D eigenvalue weighted by Gasteiger charge is -2.38. The fourth-order valence-electron chi connectivity index (χ4n) is 3.83. The first kappa shape index (κ1) is 20.4. The molecule has 2 saturated heterocycles. The summed E-state index contributed by atoms with van der Waals surface area (Å²) in [5, 5.41) is 0. The molecule has 4 heterocycles. The molecule has 2 fully saturated rings. The highest BCUT2D eigenvalue weighted by atomic mass is 16.5. The van der Waals surface area contributed by atoms with Crippen molar-refractivity contribution in [3.63, 3.8) is 0 Å². The molecule has 0 bridgehead atoms. The highest BCUT2D eigenvalue weighted by Gasteiger charge is 2.27. The van der Waals surface area contributed by atoms with Crippen molar-refractivity contribution in [3.05, 3.63) is 18.3 Å². The third-order valence-corrected chi connectivity index (χ3v) is 5.60. The third kappa shape index (κ3) is 4.48. The summed E-state index contributed by atoms with van der Waals surface area (Å²) >= 11 is 0. The number of piperidine rings is 1. The van der Waals surface area contributed by atoms with Gasteiger partial charge in [-0.1, -0.05) is 0 Å². The molecule has 4 rings (SSSR count). The first-order chi connectivity index (χ1) is 14.7. The van der Waals surface area contributed by atoms with Crippen molar-refractivity contribution in [2.75, 3.05) is 75.4 Å². The van der Waals surface area contributed by atoms with Crippen LogP contribution in [0.5, 0.6) is 11.8 Å². The molecule has 0 aliphatic carbocycles. The Balaban J connectivity index is 1.49. The summed E-state index contributed by atoms with van der Waals surface area (Å²) in [7, 11) is 5.28. The van der Waals surface area contributed by atoms with Crippen molar-refractivity contribution < 1.29 is 14.2 Å². The number of morpholine rings is 1. The quantitative estimate of drug-likeness (QED) is 0.686. The molecule has 10 heteroatoms. The van der Waals surface area contributed by atoms with E-state index in [0.29, 0.717) is 30.9 Å². The van der Waals surface area contributed by atoms with Crippen molar-refractivity contribution in [2.45, 2.75) is 18.9 Å². The number of hydrogen-bond donors (Lipinski definition) is 0. The van der Waals surface area contributed by atoms with Crippen LogP contribution in [-0.4, -0.2) is 86.6 Å². The smallest absolute Gasteiger partial charge is 0.232 e. The molecule has 0 N–H and O–H groups in total. The Hall–Kier alpha value is -2.88. The molecule has 2 aromatic rings. The predicted molar refractivity (Wildman–Crippen MR) is 114 cm³/mol. The van der Waals surface area contributed by atoms with Crippen molar-refractivity contribution in [1.29, 1.82) is 0 Å². The largest absolute Gasteiger partial charge is 0.481 e. The van der Waals surface area contributed by atoms with E-state index in [1.165, 1.54) is 0 Å². The van der Waals surface area contributed by atoms with Gasteiger partial charge in [-0.3, -0.25) is 0 Å². The van der Waals surface area contributed by atoms with Crippen LogP contribution in [0.2, 0.25) is 0 Å². The van der Waals surface area contributed by atoms with Gasteiger partial charge in [0.2, 0.25) is 23.7 Å². The summed E-state index contributed by atoms with van der Waals surface area (Å²) in [6.45, 7) is 4.75. The van der Waals surface area contributed by atoms with Gasteiger partial charge in [-0.15, -0.1) is 0 Å². The number of aromatic nitrogens is 4. The van der Waals surface area contributed by atoms with Crippen LogP contribution in [0.25, 0.3) is 0 Å². The molecule has 2 aromatic heterocycles. The minimum atomic E-state index is 0.284. The molecule has 0 saturated carbocycles. The summed E-state index contributed by atoms with van der Waals surface area (Å²) in [5.74, 6) is 3.30. The van der Waals surface area contributed by atoms with Gasteiger partial charge in [0, 0.05) is 45.5 Å². The molecule has 162 valence electrons. The number of rotatable bonds is 6. The number of ether oxygens (including phenoxy) is 3. The number of nitrogens with zero attached hydrogens (tertiary/aromatic N) is 7. The molecular weight excluding hydrogens is 386 g/mol. The maximum absolute atomic E-state index is 5.44. The average Bonchev–Trinajstić information content (AvgIpc) is 2.84. The maximum Gasteiger partial charge on any atom is 0.232 e. The molecular formula is C20H29N7O3.